The monoisotopic (exact) mass is 262 g/mol. The van der Waals surface area contributed by atoms with Gasteiger partial charge in [0.05, 0.1) is 26.2 Å². The number of rotatable bonds is 5. The van der Waals surface area contributed by atoms with Crippen LogP contribution in [0.15, 0.2) is 36.9 Å². The smallest absolute Gasteiger partial charge is 0.309 e. The summed E-state index contributed by atoms with van der Waals surface area (Å²) in [6.45, 7) is 4.12. The Morgan fingerprint density at radius 3 is 2.79 bits per heavy atom. The fourth-order valence-corrected chi connectivity index (χ4v) is 2.00. The molecule has 2 atom stereocenters. The molecule has 4 heteroatoms. The molecular weight excluding hydrogens is 244 g/mol. The first-order valence-electron chi connectivity index (χ1n) is 6.28. The minimum Gasteiger partial charge on any atom is -0.497 e. The summed E-state index contributed by atoms with van der Waals surface area (Å²) in [6, 6.07) is 7.68. The van der Waals surface area contributed by atoms with Gasteiger partial charge in [-0.2, -0.15) is 0 Å². The molecule has 1 aromatic rings. The second kappa shape index (κ2) is 6.38. The summed E-state index contributed by atoms with van der Waals surface area (Å²) < 4.78 is 15.9. The van der Waals surface area contributed by atoms with Crippen molar-refractivity contribution in [2.24, 2.45) is 0 Å². The van der Waals surface area contributed by atoms with E-state index in [0.29, 0.717) is 19.4 Å². The number of carbonyl (C=O) groups is 1. The number of methoxy groups -OCH3 is 1. The van der Waals surface area contributed by atoms with Crippen molar-refractivity contribution in [1.82, 2.24) is 0 Å². The summed E-state index contributed by atoms with van der Waals surface area (Å²) in [6.07, 6.45) is 2.28. The molecule has 1 fully saturated rings. The molecule has 0 spiro atoms. The quantitative estimate of drug-likeness (QED) is 0.604. The molecule has 1 aliphatic rings. The van der Waals surface area contributed by atoms with Gasteiger partial charge in [-0.25, -0.2) is 0 Å². The van der Waals surface area contributed by atoms with Gasteiger partial charge in [0.2, 0.25) is 0 Å². The Morgan fingerprint density at radius 1 is 1.42 bits per heavy atom. The zero-order chi connectivity index (χ0) is 13.7. The van der Waals surface area contributed by atoms with Gasteiger partial charge < -0.3 is 14.2 Å². The normalized spacial score (nSPS) is 22.7. The molecule has 2 rings (SSSR count). The number of ether oxygens (including phenoxy) is 3. The van der Waals surface area contributed by atoms with Gasteiger partial charge in [-0.3, -0.25) is 4.79 Å². The fourth-order valence-electron chi connectivity index (χ4n) is 2.00. The SMILES string of the molecule is C=CC1CC(OCc2ccc(OC)cc2)CC(=O)O1. The molecule has 19 heavy (non-hydrogen) atoms. The van der Waals surface area contributed by atoms with Gasteiger partial charge in [-0.15, -0.1) is 0 Å². The van der Waals surface area contributed by atoms with Crippen LogP contribution in [0.5, 0.6) is 5.75 Å². The lowest BCUT2D eigenvalue weighted by atomic mass is 10.1. The van der Waals surface area contributed by atoms with Crippen LogP contribution in [0.1, 0.15) is 18.4 Å². The van der Waals surface area contributed by atoms with Crippen LogP contribution in [-0.2, 0) is 20.9 Å². The Bertz CT molecular complexity index is 438. The lowest BCUT2D eigenvalue weighted by Gasteiger charge is -2.27. The highest BCUT2D eigenvalue weighted by Gasteiger charge is 2.27. The number of cyclic esters (lactones) is 1. The third-order valence-corrected chi connectivity index (χ3v) is 3.08. The zero-order valence-electron chi connectivity index (χ0n) is 11.0. The lowest BCUT2D eigenvalue weighted by molar-refractivity contribution is -0.159. The Hall–Kier alpha value is -1.81. The third-order valence-electron chi connectivity index (χ3n) is 3.08. The van der Waals surface area contributed by atoms with Gasteiger partial charge in [0.15, 0.2) is 0 Å². The van der Waals surface area contributed by atoms with Gasteiger partial charge in [-0.1, -0.05) is 24.8 Å². The molecule has 0 aromatic heterocycles. The molecule has 0 radical (unpaired) electrons. The van der Waals surface area contributed by atoms with Crippen molar-refractivity contribution in [2.45, 2.75) is 31.7 Å². The second-order valence-corrected chi connectivity index (χ2v) is 4.48. The fraction of sp³-hybridized carbons (Fsp3) is 0.400. The first-order valence-corrected chi connectivity index (χ1v) is 6.28. The molecule has 0 N–H and O–H groups in total. The Kier molecular flexibility index (Phi) is 4.58. The maximum atomic E-state index is 11.4. The van der Waals surface area contributed by atoms with Crippen LogP contribution in [0.2, 0.25) is 0 Å². The standard InChI is InChI=1S/C15H18O4/c1-3-12-8-14(9-15(16)19-12)18-10-11-4-6-13(17-2)7-5-11/h3-7,12,14H,1,8-10H2,2H3. The van der Waals surface area contributed by atoms with Crippen molar-refractivity contribution in [2.75, 3.05) is 7.11 Å². The van der Waals surface area contributed by atoms with Crippen molar-refractivity contribution < 1.29 is 19.0 Å². The van der Waals surface area contributed by atoms with E-state index in [0.717, 1.165) is 11.3 Å². The minimum absolute atomic E-state index is 0.105. The zero-order valence-corrected chi connectivity index (χ0v) is 11.0. The number of hydrogen-bond donors (Lipinski definition) is 0. The molecule has 1 saturated heterocycles. The van der Waals surface area contributed by atoms with Gasteiger partial charge >= 0.3 is 5.97 Å². The molecular formula is C15H18O4. The number of carbonyl (C=O) groups excluding carboxylic acids is 1. The average Bonchev–Trinajstić information content (AvgIpc) is 2.45. The van der Waals surface area contributed by atoms with Crippen LogP contribution in [0.4, 0.5) is 0 Å². The van der Waals surface area contributed by atoms with Crippen LogP contribution in [-0.4, -0.2) is 25.3 Å². The van der Waals surface area contributed by atoms with Crippen LogP contribution in [0.3, 0.4) is 0 Å². The molecule has 4 nitrogen and oxygen atoms in total. The summed E-state index contributed by atoms with van der Waals surface area (Å²) in [4.78, 5) is 11.4. The lowest BCUT2D eigenvalue weighted by Crippen LogP contribution is -2.33. The van der Waals surface area contributed by atoms with E-state index in [1.165, 1.54) is 0 Å². The van der Waals surface area contributed by atoms with Crippen molar-refractivity contribution in [1.29, 1.82) is 0 Å². The van der Waals surface area contributed by atoms with E-state index in [2.05, 4.69) is 6.58 Å². The van der Waals surface area contributed by atoms with Crippen LogP contribution < -0.4 is 4.74 Å². The highest BCUT2D eigenvalue weighted by Crippen LogP contribution is 2.20. The van der Waals surface area contributed by atoms with Gasteiger partial charge in [0, 0.05) is 6.42 Å². The van der Waals surface area contributed by atoms with Crippen molar-refractivity contribution >= 4 is 5.97 Å². The minimum atomic E-state index is -0.234. The van der Waals surface area contributed by atoms with E-state index < -0.39 is 0 Å². The summed E-state index contributed by atoms with van der Waals surface area (Å²) in [7, 11) is 1.63. The van der Waals surface area contributed by atoms with Gasteiger partial charge in [0.25, 0.3) is 0 Å². The van der Waals surface area contributed by atoms with Gasteiger partial charge in [0.1, 0.15) is 11.9 Å². The van der Waals surface area contributed by atoms with Crippen LogP contribution in [0, 0.1) is 0 Å². The van der Waals surface area contributed by atoms with E-state index in [-0.39, 0.29) is 18.2 Å². The maximum absolute atomic E-state index is 11.4. The highest BCUT2D eigenvalue weighted by molar-refractivity contribution is 5.71. The predicted octanol–water partition coefficient (Wildman–Crippen LogP) is 2.47. The molecule has 0 bridgehead atoms. The summed E-state index contributed by atoms with van der Waals surface area (Å²) >= 11 is 0. The topological polar surface area (TPSA) is 44.8 Å². The first-order chi connectivity index (χ1) is 9.21. The highest BCUT2D eigenvalue weighted by atomic mass is 16.6. The first kappa shape index (κ1) is 13.6. The predicted molar refractivity (Wildman–Crippen MR) is 70.9 cm³/mol. The Labute approximate surface area is 113 Å². The molecule has 2 unspecified atom stereocenters. The largest absolute Gasteiger partial charge is 0.497 e. The molecule has 0 amide bonds. The molecule has 0 aliphatic carbocycles. The molecule has 1 aliphatic heterocycles. The van der Waals surface area contributed by atoms with Crippen molar-refractivity contribution in [3.05, 3.63) is 42.5 Å². The summed E-state index contributed by atoms with van der Waals surface area (Å²) in [5.41, 5.74) is 1.05. The number of hydrogen-bond acceptors (Lipinski definition) is 4. The summed E-state index contributed by atoms with van der Waals surface area (Å²) in [5.74, 6) is 0.590. The van der Waals surface area contributed by atoms with E-state index in [4.69, 9.17) is 14.2 Å². The van der Waals surface area contributed by atoms with Gasteiger partial charge in [-0.05, 0) is 17.7 Å². The van der Waals surface area contributed by atoms with E-state index >= 15 is 0 Å². The average molecular weight is 262 g/mol. The maximum Gasteiger partial charge on any atom is 0.309 e. The van der Waals surface area contributed by atoms with Crippen molar-refractivity contribution in [3.8, 4) is 5.75 Å². The van der Waals surface area contributed by atoms with Crippen LogP contribution >= 0.6 is 0 Å². The number of benzene rings is 1. The number of esters is 1. The van der Waals surface area contributed by atoms with E-state index in [1.54, 1.807) is 13.2 Å². The van der Waals surface area contributed by atoms with Crippen molar-refractivity contribution in [3.63, 3.8) is 0 Å². The van der Waals surface area contributed by atoms with Crippen LogP contribution in [0.25, 0.3) is 0 Å². The molecule has 1 aromatic carbocycles. The van der Waals surface area contributed by atoms with E-state index in [1.807, 2.05) is 24.3 Å². The Balaban J connectivity index is 1.86. The molecule has 0 saturated carbocycles. The summed E-state index contributed by atoms with van der Waals surface area (Å²) in [5, 5.41) is 0. The second-order valence-electron chi connectivity index (χ2n) is 4.48. The molecule has 1 heterocycles. The molecule has 102 valence electrons. The third kappa shape index (κ3) is 3.83. The van der Waals surface area contributed by atoms with E-state index in [9.17, 15) is 4.79 Å². The Morgan fingerprint density at radius 2 is 2.16 bits per heavy atom.